The average Bonchev–Trinajstić information content (AvgIpc) is 2.35. The number of nitrogen functional groups attached to an aromatic ring is 1. The number of rotatable bonds is 4. The van der Waals surface area contributed by atoms with E-state index in [-0.39, 0.29) is 0 Å². The van der Waals surface area contributed by atoms with E-state index in [0.717, 1.165) is 17.1 Å². The summed E-state index contributed by atoms with van der Waals surface area (Å²) in [6.45, 7) is 2.57. The van der Waals surface area contributed by atoms with Gasteiger partial charge >= 0.3 is 0 Å². The third-order valence-corrected chi connectivity index (χ3v) is 2.70. The summed E-state index contributed by atoms with van der Waals surface area (Å²) in [6.07, 6.45) is 0. The zero-order chi connectivity index (χ0) is 13.0. The first-order chi connectivity index (χ1) is 8.70. The largest absolute Gasteiger partial charge is 0.492 e. The maximum atomic E-state index is 5.91. The van der Waals surface area contributed by atoms with E-state index in [4.69, 9.17) is 22.1 Å². The quantitative estimate of drug-likeness (QED) is 0.817. The molecule has 3 nitrogen and oxygen atoms in total. The van der Waals surface area contributed by atoms with Crippen molar-refractivity contribution in [2.24, 2.45) is 0 Å². The fraction of sp³-hybridized carbons (Fsp3) is 0.143. The molecule has 0 saturated heterocycles. The van der Waals surface area contributed by atoms with Crippen LogP contribution in [0.5, 0.6) is 5.75 Å². The predicted octanol–water partition coefficient (Wildman–Crippen LogP) is 4.06. The molecule has 0 fully saturated rings. The Labute approximate surface area is 112 Å². The fourth-order valence-corrected chi connectivity index (χ4v) is 1.82. The molecular formula is C14H15ClN2O. The maximum Gasteiger partial charge on any atom is 0.142 e. The molecule has 2 aromatic rings. The van der Waals surface area contributed by atoms with Gasteiger partial charge in [-0.1, -0.05) is 23.7 Å². The Kier molecular flexibility index (Phi) is 3.95. The third kappa shape index (κ3) is 2.87. The number of nitrogens with two attached hydrogens (primary N) is 1. The topological polar surface area (TPSA) is 47.3 Å². The minimum Gasteiger partial charge on any atom is -0.492 e. The van der Waals surface area contributed by atoms with Crippen LogP contribution in [-0.4, -0.2) is 6.61 Å². The lowest BCUT2D eigenvalue weighted by Gasteiger charge is -2.13. The highest BCUT2D eigenvalue weighted by Crippen LogP contribution is 2.31. The van der Waals surface area contributed by atoms with Crippen molar-refractivity contribution in [3.8, 4) is 5.75 Å². The second-order valence-corrected chi connectivity index (χ2v) is 4.22. The van der Waals surface area contributed by atoms with Gasteiger partial charge in [-0.2, -0.15) is 0 Å². The van der Waals surface area contributed by atoms with Gasteiger partial charge in [-0.15, -0.1) is 0 Å². The first kappa shape index (κ1) is 12.6. The maximum absolute atomic E-state index is 5.91. The molecule has 0 atom stereocenters. The van der Waals surface area contributed by atoms with Gasteiger partial charge < -0.3 is 15.8 Å². The van der Waals surface area contributed by atoms with Crippen molar-refractivity contribution in [2.75, 3.05) is 17.7 Å². The molecule has 0 aliphatic heterocycles. The molecule has 3 N–H and O–H groups in total. The van der Waals surface area contributed by atoms with Gasteiger partial charge in [0.1, 0.15) is 5.75 Å². The molecule has 18 heavy (non-hydrogen) atoms. The van der Waals surface area contributed by atoms with Crippen molar-refractivity contribution in [1.29, 1.82) is 0 Å². The van der Waals surface area contributed by atoms with E-state index < -0.39 is 0 Å². The van der Waals surface area contributed by atoms with E-state index >= 15 is 0 Å². The number of halogens is 1. The number of benzene rings is 2. The second-order valence-electron chi connectivity index (χ2n) is 3.79. The summed E-state index contributed by atoms with van der Waals surface area (Å²) in [5.74, 6) is 0.800. The van der Waals surface area contributed by atoms with Crippen molar-refractivity contribution in [3.05, 3.63) is 47.5 Å². The Morgan fingerprint density at radius 1 is 1.17 bits per heavy atom. The van der Waals surface area contributed by atoms with E-state index in [1.54, 1.807) is 12.1 Å². The van der Waals surface area contributed by atoms with Gasteiger partial charge in [0.05, 0.1) is 23.7 Å². The summed E-state index contributed by atoms with van der Waals surface area (Å²) in [4.78, 5) is 0. The van der Waals surface area contributed by atoms with Crippen LogP contribution in [0.25, 0.3) is 0 Å². The van der Waals surface area contributed by atoms with Crippen molar-refractivity contribution in [3.63, 3.8) is 0 Å². The Morgan fingerprint density at radius 2 is 1.94 bits per heavy atom. The Hall–Kier alpha value is -1.87. The van der Waals surface area contributed by atoms with E-state index in [1.807, 2.05) is 37.3 Å². The number of hydrogen-bond acceptors (Lipinski definition) is 3. The smallest absolute Gasteiger partial charge is 0.142 e. The van der Waals surface area contributed by atoms with Crippen LogP contribution >= 0.6 is 11.6 Å². The van der Waals surface area contributed by atoms with Gasteiger partial charge in [-0.3, -0.25) is 0 Å². The lowest BCUT2D eigenvalue weighted by Crippen LogP contribution is -1.99. The highest BCUT2D eigenvalue weighted by Gasteiger charge is 2.05. The molecule has 0 spiro atoms. The van der Waals surface area contributed by atoms with Gasteiger partial charge in [0.15, 0.2) is 0 Å². The van der Waals surface area contributed by atoms with Crippen molar-refractivity contribution in [1.82, 2.24) is 0 Å². The molecule has 0 amide bonds. The van der Waals surface area contributed by atoms with Crippen molar-refractivity contribution < 1.29 is 4.74 Å². The highest BCUT2D eigenvalue weighted by molar-refractivity contribution is 6.31. The van der Waals surface area contributed by atoms with Crippen molar-refractivity contribution in [2.45, 2.75) is 6.92 Å². The number of anilines is 3. The summed E-state index contributed by atoms with van der Waals surface area (Å²) in [5, 5.41) is 3.87. The van der Waals surface area contributed by atoms with E-state index in [1.165, 1.54) is 0 Å². The summed E-state index contributed by atoms with van der Waals surface area (Å²) in [6, 6.07) is 13.1. The van der Waals surface area contributed by atoms with Crippen LogP contribution in [0.1, 0.15) is 6.92 Å². The molecule has 2 aromatic carbocycles. The molecule has 94 valence electrons. The number of ether oxygens (including phenoxy) is 1. The summed E-state index contributed by atoms with van der Waals surface area (Å²) < 4.78 is 5.54. The van der Waals surface area contributed by atoms with E-state index in [2.05, 4.69) is 5.32 Å². The standard InChI is InChI=1S/C14H15ClN2O/c1-2-18-14-6-4-3-5-13(14)17-12-8-7-10(15)9-11(12)16/h3-9,17H,2,16H2,1H3. The second kappa shape index (κ2) is 5.65. The third-order valence-electron chi connectivity index (χ3n) is 2.47. The molecule has 0 unspecified atom stereocenters. The van der Waals surface area contributed by atoms with Crippen molar-refractivity contribution >= 4 is 28.7 Å². The average molecular weight is 263 g/mol. The molecule has 2 rings (SSSR count). The van der Waals surface area contributed by atoms with E-state index in [9.17, 15) is 0 Å². The lowest BCUT2D eigenvalue weighted by molar-refractivity contribution is 0.342. The van der Waals surface area contributed by atoms with Gasteiger partial charge in [0.2, 0.25) is 0 Å². The Bertz CT molecular complexity index is 543. The van der Waals surface area contributed by atoms with Crippen LogP contribution in [0, 0.1) is 0 Å². The molecule has 0 aromatic heterocycles. The van der Waals surface area contributed by atoms with Crippen LogP contribution in [0.4, 0.5) is 17.1 Å². The summed E-state index contributed by atoms with van der Waals surface area (Å²) in [7, 11) is 0. The highest BCUT2D eigenvalue weighted by atomic mass is 35.5. The summed E-state index contributed by atoms with van der Waals surface area (Å²) >= 11 is 5.87. The molecule has 0 saturated carbocycles. The van der Waals surface area contributed by atoms with Crippen LogP contribution in [0.2, 0.25) is 5.02 Å². The molecular weight excluding hydrogens is 248 g/mol. The first-order valence-corrected chi connectivity index (χ1v) is 6.12. The normalized spacial score (nSPS) is 10.1. The van der Waals surface area contributed by atoms with E-state index in [0.29, 0.717) is 17.3 Å². The minimum atomic E-state index is 0.605. The van der Waals surface area contributed by atoms with Crippen LogP contribution in [-0.2, 0) is 0 Å². The summed E-state index contributed by atoms with van der Waals surface area (Å²) in [5.41, 5.74) is 8.21. The fourth-order valence-electron chi connectivity index (χ4n) is 1.64. The number of para-hydroxylation sites is 2. The zero-order valence-electron chi connectivity index (χ0n) is 10.1. The molecule has 0 radical (unpaired) electrons. The monoisotopic (exact) mass is 262 g/mol. The zero-order valence-corrected chi connectivity index (χ0v) is 10.9. The molecule has 0 aliphatic carbocycles. The number of hydrogen-bond donors (Lipinski definition) is 2. The number of nitrogens with one attached hydrogen (secondary N) is 1. The molecule has 0 heterocycles. The first-order valence-electron chi connectivity index (χ1n) is 5.74. The van der Waals surface area contributed by atoms with Gasteiger partial charge in [0.25, 0.3) is 0 Å². The van der Waals surface area contributed by atoms with Gasteiger partial charge in [-0.05, 0) is 37.3 Å². The molecule has 0 bridgehead atoms. The minimum absolute atomic E-state index is 0.605. The SMILES string of the molecule is CCOc1ccccc1Nc1ccc(Cl)cc1N. The predicted molar refractivity (Wildman–Crippen MR) is 76.8 cm³/mol. The van der Waals surface area contributed by atoms with Gasteiger partial charge in [0, 0.05) is 5.02 Å². The van der Waals surface area contributed by atoms with Gasteiger partial charge in [-0.25, -0.2) is 0 Å². The lowest BCUT2D eigenvalue weighted by atomic mass is 10.2. The van der Waals surface area contributed by atoms with Crippen LogP contribution in [0.15, 0.2) is 42.5 Å². The Morgan fingerprint density at radius 3 is 2.67 bits per heavy atom. The molecule has 4 heteroatoms. The van der Waals surface area contributed by atoms with Crippen LogP contribution in [0.3, 0.4) is 0 Å². The van der Waals surface area contributed by atoms with Crippen LogP contribution < -0.4 is 15.8 Å². The molecule has 0 aliphatic rings. The Balaban J connectivity index is 2.28.